The van der Waals surface area contributed by atoms with Crippen LogP contribution >= 0.6 is 0 Å². The van der Waals surface area contributed by atoms with Gasteiger partial charge in [0.15, 0.2) is 0 Å². The lowest BCUT2D eigenvalue weighted by Crippen LogP contribution is -2.36. The molecule has 2 aromatic rings. The molecule has 1 atom stereocenters. The van der Waals surface area contributed by atoms with E-state index in [1.165, 1.54) is 12.3 Å². The number of hydrogen-bond acceptors (Lipinski definition) is 4. The lowest BCUT2D eigenvalue weighted by molar-refractivity contribution is -0.157. The first-order valence-electron chi connectivity index (χ1n) is 9.03. The quantitative estimate of drug-likeness (QED) is 0.659. The zero-order valence-corrected chi connectivity index (χ0v) is 16.0. The Morgan fingerprint density at radius 2 is 1.81 bits per heavy atom. The molecule has 0 radical (unpaired) electrons. The molecule has 0 aliphatic carbocycles. The lowest BCUT2D eigenvalue weighted by atomic mass is 10.1. The third kappa shape index (κ3) is 5.59. The Morgan fingerprint density at radius 3 is 2.41 bits per heavy atom. The van der Waals surface area contributed by atoms with E-state index >= 15 is 0 Å². The van der Waals surface area contributed by atoms with Crippen molar-refractivity contribution >= 4 is 29.1 Å². The molecule has 1 aliphatic rings. The summed E-state index contributed by atoms with van der Waals surface area (Å²) >= 11 is 0. The lowest BCUT2D eigenvalue weighted by Gasteiger charge is -2.19. The average molecular weight is 463 g/mol. The Balaban J connectivity index is 1.75. The number of benzene rings is 1. The molecule has 0 saturated carbocycles. The summed E-state index contributed by atoms with van der Waals surface area (Å²) in [6.07, 6.45) is -7.84. The van der Waals surface area contributed by atoms with Gasteiger partial charge in [0.2, 0.25) is 11.8 Å². The van der Waals surface area contributed by atoms with Crippen molar-refractivity contribution in [2.24, 2.45) is 5.92 Å². The second-order valence-corrected chi connectivity index (χ2v) is 7.00. The number of anilines is 2. The first kappa shape index (κ1) is 23.2. The number of nitrogens with one attached hydrogen (secondary N) is 2. The van der Waals surface area contributed by atoms with Crippen LogP contribution in [0.15, 0.2) is 41.2 Å². The molecule has 2 N–H and O–H groups in total. The second kappa shape index (κ2) is 8.55. The minimum absolute atomic E-state index is 0.0743. The van der Waals surface area contributed by atoms with Gasteiger partial charge in [-0.1, -0.05) is 0 Å². The maximum absolute atomic E-state index is 13.5. The first-order chi connectivity index (χ1) is 14.8. The van der Waals surface area contributed by atoms with E-state index in [4.69, 9.17) is 4.42 Å². The molecule has 7 nitrogen and oxygen atoms in total. The zero-order valence-electron chi connectivity index (χ0n) is 16.0. The van der Waals surface area contributed by atoms with Gasteiger partial charge < -0.3 is 20.0 Å². The highest BCUT2D eigenvalue weighted by atomic mass is 19.4. The molecule has 1 aromatic heterocycles. The summed E-state index contributed by atoms with van der Waals surface area (Å²) in [5.74, 6) is -3.91. The first-order valence-corrected chi connectivity index (χ1v) is 9.03. The summed E-state index contributed by atoms with van der Waals surface area (Å²) < 4.78 is 82.8. The summed E-state index contributed by atoms with van der Waals surface area (Å²) in [5.41, 5.74) is -2.09. The van der Waals surface area contributed by atoms with Gasteiger partial charge in [0.1, 0.15) is 12.8 Å². The van der Waals surface area contributed by atoms with Gasteiger partial charge in [-0.15, -0.1) is 0 Å². The third-order valence-electron chi connectivity index (χ3n) is 4.58. The molecule has 2 heterocycles. The van der Waals surface area contributed by atoms with Crippen LogP contribution in [0.1, 0.15) is 22.3 Å². The topological polar surface area (TPSA) is 91.7 Å². The fourth-order valence-corrected chi connectivity index (χ4v) is 3.11. The van der Waals surface area contributed by atoms with Crippen molar-refractivity contribution in [2.45, 2.75) is 18.8 Å². The van der Waals surface area contributed by atoms with Crippen molar-refractivity contribution in [1.29, 1.82) is 0 Å². The number of alkyl halides is 6. The second-order valence-electron chi connectivity index (χ2n) is 7.00. The van der Waals surface area contributed by atoms with Crippen molar-refractivity contribution in [1.82, 2.24) is 4.90 Å². The molecule has 1 unspecified atom stereocenters. The third-order valence-corrected chi connectivity index (χ3v) is 4.58. The summed E-state index contributed by atoms with van der Waals surface area (Å²) in [5, 5.41) is 4.28. The number of rotatable bonds is 5. The smallest absolute Gasteiger partial charge is 0.418 e. The largest absolute Gasteiger partial charge is 0.472 e. The summed E-state index contributed by atoms with van der Waals surface area (Å²) in [7, 11) is 0. The Kier molecular flexibility index (Phi) is 6.19. The highest BCUT2D eigenvalue weighted by Gasteiger charge is 2.41. The van der Waals surface area contributed by atoms with Crippen LogP contribution in [-0.2, 0) is 15.8 Å². The van der Waals surface area contributed by atoms with Crippen LogP contribution in [0.3, 0.4) is 0 Å². The van der Waals surface area contributed by atoms with E-state index in [1.807, 2.05) is 5.32 Å². The van der Waals surface area contributed by atoms with Crippen LogP contribution in [0.4, 0.5) is 37.7 Å². The molecule has 3 rings (SSSR count). The fraction of sp³-hybridized carbons (Fsp3) is 0.316. The summed E-state index contributed by atoms with van der Waals surface area (Å²) in [6.45, 7) is -2.11. The van der Waals surface area contributed by atoms with Crippen LogP contribution in [-0.4, -0.2) is 41.9 Å². The normalized spacial score (nSPS) is 16.9. The van der Waals surface area contributed by atoms with Gasteiger partial charge in [0.25, 0.3) is 5.91 Å². The predicted octanol–water partition coefficient (Wildman–Crippen LogP) is 3.90. The van der Waals surface area contributed by atoms with Crippen LogP contribution in [0.2, 0.25) is 0 Å². The molecule has 0 bridgehead atoms. The van der Waals surface area contributed by atoms with Crippen molar-refractivity contribution < 1.29 is 45.1 Å². The SMILES string of the molecule is O=C(Nc1ccc(NC(=O)C2CC(=O)N(CC(F)(F)F)C2)c(C(F)(F)F)c1)c1ccoc1. The van der Waals surface area contributed by atoms with E-state index in [0.717, 1.165) is 18.4 Å². The Labute approximate surface area is 176 Å². The van der Waals surface area contributed by atoms with Crippen LogP contribution < -0.4 is 10.6 Å². The molecule has 3 amide bonds. The van der Waals surface area contributed by atoms with E-state index in [9.17, 15) is 40.7 Å². The minimum Gasteiger partial charge on any atom is -0.472 e. The summed E-state index contributed by atoms with van der Waals surface area (Å²) in [4.78, 5) is 36.5. The standard InChI is InChI=1S/C19H15F6N3O4/c20-18(21,22)9-28-7-11(5-15(28)29)17(31)27-14-2-1-12(6-13(14)19(23,24)25)26-16(30)10-3-4-32-8-10/h1-4,6,8,11H,5,7,9H2,(H,26,30)(H,27,31). The molecule has 1 aromatic carbocycles. The number of carbonyl (C=O) groups excluding carboxylic acids is 3. The molecule has 1 fully saturated rings. The highest BCUT2D eigenvalue weighted by molar-refractivity contribution is 6.04. The van der Waals surface area contributed by atoms with Crippen LogP contribution in [0.5, 0.6) is 0 Å². The number of halogens is 6. The molecule has 13 heteroatoms. The monoisotopic (exact) mass is 463 g/mol. The Bertz CT molecular complexity index is 1020. The van der Waals surface area contributed by atoms with E-state index in [0.29, 0.717) is 11.0 Å². The number of furan rings is 1. The van der Waals surface area contributed by atoms with Gasteiger partial charge in [-0.25, -0.2) is 0 Å². The van der Waals surface area contributed by atoms with Crippen molar-refractivity contribution in [3.8, 4) is 0 Å². The predicted molar refractivity (Wildman–Crippen MR) is 97.5 cm³/mol. The number of carbonyl (C=O) groups is 3. The minimum atomic E-state index is -4.92. The van der Waals surface area contributed by atoms with Crippen molar-refractivity contribution in [3.05, 3.63) is 47.9 Å². The van der Waals surface area contributed by atoms with Gasteiger partial charge in [0, 0.05) is 18.7 Å². The average Bonchev–Trinajstić information content (AvgIpc) is 3.31. The van der Waals surface area contributed by atoms with E-state index in [-0.39, 0.29) is 11.3 Å². The van der Waals surface area contributed by atoms with E-state index < -0.39 is 66.8 Å². The maximum atomic E-state index is 13.5. The molecule has 1 aliphatic heterocycles. The van der Waals surface area contributed by atoms with Crippen LogP contribution in [0.25, 0.3) is 0 Å². The van der Waals surface area contributed by atoms with E-state index in [1.54, 1.807) is 0 Å². The molecule has 0 spiro atoms. The molecule has 32 heavy (non-hydrogen) atoms. The van der Waals surface area contributed by atoms with Crippen molar-refractivity contribution in [2.75, 3.05) is 23.7 Å². The maximum Gasteiger partial charge on any atom is 0.418 e. The van der Waals surface area contributed by atoms with E-state index in [2.05, 4.69) is 5.32 Å². The molecule has 172 valence electrons. The van der Waals surface area contributed by atoms with Gasteiger partial charge in [0.05, 0.1) is 29.0 Å². The van der Waals surface area contributed by atoms with Crippen LogP contribution in [0, 0.1) is 5.92 Å². The Morgan fingerprint density at radius 1 is 1.09 bits per heavy atom. The fourth-order valence-electron chi connectivity index (χ4n) is 3.11. The highest BCUT2D eigenvalue weighted by Crippen LogP contribution is 2.37. The number of amides is 3. The van der Waals surface area contributed by atoms with Crippen molar-refractivity contribution in [3.63, 3.8) is 0 Å². The summed E-state index contributed by atoms with van der Waals surface area (Å²) in [6, 6.07) is 3.91. The van der Waals surface area contributed by atoms with Gasteiger partial charge in [-0.3, -0.25) is 14.4 Å². The van der Waals surface area contributed by atoms with Gasteiger partial charge in [-0.2, -0.15) is 26.3 Å². The molecular formula is C19H15F6N3O4. The molecule has 1 saturated heterocycles. The number of nitrogens with zero attached hydrogens (tertiary/aromatic N) is 1. The number of hydrogen-bond donors (Lipinski definition) is 2. The zero-order chi connectivity index (χ0) is 23.7. The Hall–Kier alpha value is -3.51. The van der Waals surface area contributed by atoms with Gasteiger partial charge >= 0.3 is 12.4 Å². The molecular weight excluding hydrogens is 448 g/mol. The van der Waals surface area contributed by atoms with Gasteiger partial charge in [-0.05, 0) is 24.3 Å². The number of likely N-dealkylation sites (tertiary alicyclic amines) is 1.